The largest absolute Gasteiger partial charge is 0.481 e. The van der Waals surface area contributed by atoms with Crippen molar-refractivity contribution < 1.29 is 9.90 Å². The monoisotopic (exact) mass is 206 g/mol. The fourth-order valence-corrected chi connectivity index (χ4v) is 1.90. The Kier molecular flexibility index (Phi) is 2.97. The van der Waals surface area contributed by atoms with Crippen LogP contribution in [0.25, 0.3) is 0 Å². The van der Waals surface area contributed by atoms with Gasteiger partial charge in [-0.05, 0) is 25.1 Å². The van der Waals surface area contributed by atoms with Crippen molar-refractivity contribution in [1.82, 2.24) is 9.88 Å². The van der Waals surface area contributed by atoms with E-state index < -0.39 is 5.97 Å². The van der Waals surface area contributed by atoms with Crippen LogP contribution in [-0.2, 0) is 11.3 Å². The third-order valence-electron chi connectivity index (χ3n) is 2.73. The van der Waals surface area contributed by atoms with Crippen LogP contribution in [0.15, 0.2) is 24.4 Å². The van der Waals surface area contributed by atoms with Crippen molar-refractivity contribution in [1.29, 1.82) is 0 Å². The van der Waals surface area contributed by atoms with Crippen LogP contribution in [0.4, 0.5) is 0 Å². The van der Waals surface area contributed by atoms with Crippen LogP contribution in [0.5, 0.6) is 0 Å². The predicted molar refractivity (Wildman–Crippen MR) is 55.3 cm³/mol. The van der Waals surface area contributed by atoms with E-state index in [0.717, 1.165) is 25.2 Å². The summed E-state index contributed by atoms with van der Waals surface area (Å²) in [5.41, 5.74) is 1.00. The summed E-state index contributed by atoms with van der Waals surface area (Å²) >= 11 is 0. The molecule has 0 saturated carbocycles. The molecular formula is C11H14N2O2. The molecule has 15 heavy (non-hydrogen) atoms. The van der Waals surface area contributed by atoms with Gasteiger partial charge < -0.3 is 5.11 Å². The maximum Gasteiger partial charge on any atom is 0.307 e. The Morgan fingerprint density at radius 2 is 2.47 bits per heavy atom. The number of carboxylic acid groups (broad SMARTS) is 1. The van der Waals surface area contributed by atoms with Gasteiger partial charge in [-0.1, -0.05) is 6.07 Å². The van der Waals surface area contributed by atoms with Gasteiger partial charge in [0.1, 0.15) is 0 Å². The highest BCUT2D eigenvalue weighted by Crippen LogP contribution is 2.17. The fraction of sp³-hybridized carbons (Fsp3) is 0.455. The van der Waals surface area contributed by atoms with E-state index >= 15 is 0 Å². The lowest BCUT2D eigenvalue weighted by Crippen LogP contribution is -2.23. The molecule has 1 N–H and O–H groups in total. The van der Waals surface area contributed by atoms with E-state index in [-0.39, 0.29) is 5.92 Å². The SMILES string of the molecule is O=C(O)C1CCN(Cc2ccccn2)C1. The Bertz CT molecular complexity index is 340. The van der Waals surface area contributed by atoms with Gasteiger partial charge in [0.2, 0.25) is 0 Å². The second kappa shape index (κ2) is 4.40. The zero-order chi connectivity index (χ0) is 10.7. The number of rotatable bonds is 3. The van der Waals surface area contributed by atoms with E-state index in [1.165, 1.54) is 0 Å². The molecule has 1 aromatic heterocycles. The molecule has 0 aliphatic carbocycles. The average molecular weight is 206 g/mol. The van der Waals surface area contributed by atoms with Crippen LogP contribution in [0.2, 0.25) is 0 Å². The summed E-state index contributed by atoms with van der Waals surface area (Å²) in [6.07, 6.45) is 2.52. The molecule has 2 heterocycles. The number of hydrogen-bond acceptors (Lipinski definition) is 3. The van der Waals surface area contributed by atoms with Crippen molar-refractivity contribution in [2.24, 2.45) is 5.92 Å². The normalized spacial score (nSPS) is 21.7. The van der Waals surface area contributed by atoms with Crippen LogP contribution >= 0.6 is 0 Å². The van der Waals surface area contributed by atoms with E-state index in [2.05, 4.69) is 9.88 Å². The first-order chi connectivity index (χ1) is 7.25. The predicted octanol–water partition coefficient (Wildman–Crippen LogP) is 0.988. The molecule has 1 saturated heterocycles. The summed E-state index contributed by atoms with van der Waals surface area (Å²) in [7, 11) is 0. The Balaban J connectivity index is 1.90. The number of likely N-dealkylation sites (tertiary alicyclic amines) is 1. The Hall–Kier alpha value is -1.42. The maximum absolute atomic E-state index is 10.8. The van der Waals surface area contributed by atoms with Gasteiger partial charge in [0.25, 0.3) is 0 Å². The number of nitrogens with zero attached hydrogens (tertiary/aromatic N) is 2. The van der Waals surface area contributed by atoms with Gasteiger partial charge in [0.05, 0.1) is 11.6 Å². The van der Waals surface area contributed by atoms with E-state index in [1.54, 1.807) is 6.20 Å². The molecule has 0 radical (unpaired) electrons. The fourth-order valence-electron chi connectivity index (χ4n) is 1.90. The van der Waals surface area contributed by atoms with Gasteiger partial charge in [-0.2, -0.15) is 0 Å². The molecule has 4 nitrogen and oxygen atoms in total. The van der Waals surface area contributed by atoms with Gasteiger partial charge in [0.15, 0.2) is 0 Å². The molecule has 0 spiro atoms. The van der Waals surface area contributed by atoms with Crippen molar-refractivity contribution in [3.05, 3.63) is 30.1 Å². The number of aromatic nitrogens is 1. The third-order valence-corrected chi connectivity index (χ3v) is 2.73. The molecule has 4 heteroatoms. The zero-order valence-electron chi connectivity index (χ0n) is 8.47. The van der Waals surface area contributed by atoms with Crippen molar-refractivity contribution in [2.45, 2.75) is 13.0 Å². The van der Waals surface area contributed by atoms with Crippen molar-refractivity contribution in [3.8, 4) is 0 Å². The highest BCUT2D eigenvalue weighted by Gasteiger charge is 2.27. The van der Waals surface area contributed by atoms with Gasteiger partial charge in [-0.15, -0.1) is 0 Å². The standard InChI is InChI=1S/C11H14N2O2/c14-11(15)9-4-6-13(7-9)8-10-3-1-2-5-12-10/h1-3,5,9H,4,6-8H2,(H,14,15). The van der Waals surface area contributed by atoms with Crippen LogP contribution in [0.3, 0.4) is 0 Å². The Labute approximate surface area is 88.6 Å². The van der Waals surface area contributed by atoms with Crippen LogP contribution in [0, 0.1) is 5.92 Å². The molecule has 1 aliphatic heterocycles. The first kappa shape index (κ1) is 10.1. The number of hydrogen-bond donors (Lipinski definition) is 1. The second-order valence-corrected chi connectivity index (χ2v) is 3.88. The van der Waals surface area contributed by atoms with Gasteiger partial charge in [0, 0.05) is 19.3 Å². The topological polar surface area (TPSA) is 53.4 Å². The van der Waals surface area contributed by atoms with E-state index in [1.807, 2.05) is 18.2 Å². The van der Waals surface area contributed by atoms with Crippen molar-refractivity contribution in [2.75, 3.05) is 13.1 Å². The van der Waals surface area contributed by atoms with Gasteiger partial charge in [-0.25, -0.2) is 0 Å². The lowest BCUT2D eigenvalue weighted by atomic mass is 10.1. The molecule has 1 aromatic rings. The van der Waals surface area contributed by atoms with Crippen LogP contribution in [0.1, 0.15) is 12.1 Å². The number of carbonyl (C=O) groups is 1. The smallest absolute Gasteiger partial charge is 0.307 e. The van der Waals surface area contributed by atoms with E-state index in [0.29, 0.717) is 6.54 Å². The number of pyridine rings is 1. The molecule has 1 unspecified atom stereocenters. The highest BCUT2D eigenvalue weighted by molar-refractivity contribution is 5.70. The minimum absolute atomic E-state index is 0.200. The van der Waals surface area contributed by atoms with Gasteiger partial charge >= 0.3 is 5.97 Å². The molecule has 0 amide bonds. The minimum Gasteiger partial charge on any atom is -0.481 e. The Morgan fingerprint density at radius 3 is 3.07 bits per heavy atom. The molecule has 0 aromatic carbocycles. The number of carboxylic acids is 1. The summed E-state index contributed by atoms with van der Waals surface area (Å²) in [4.78, 5) is 17.1. The third kappa shape index (κ3) is 2.53. The summed E-state index contributed by atoms with van der Waals surface area (Å²) < 4.78 is 0. The molecule has 2 rings (SSSR count). The molecule has 80 valence electrons. The maximum atomic E-state index is 10.8. The zero-order valence-corrected chi connectivity index (χ0v) is 8.47. The molecule has 1 aliphatic rings. The average Bonchev–Trinajstić information content (AvgIpc) is 2.68. The summed E-state index contributed by atoms with van der Waals surface area (Å²) in [5.74, 6) is -0.882. The molecule has 1 atom stereocenters. The summed E-state index contributed by atoms with van der Waals surface area (Å²) in [6, 6.07) is 5.80. The van der Waals surface area contributed by atoms with Crippen LogP contribution in [-0.4, -0.2) is 34.0 Å². The van der Waals surface area contributed by atoms with Crippen LogP contribution < -0.4 is 0 Å². The molecule has 1 fully saturated rings. The van der Waals surface area contributed by atoms with E-state index in [4.69, 9.17) is 5.11 Å². The Morgan fingerprint density at radius 1 is 1.60 bits per heavy atom. The molecular weight excluding hydrogens is 192 g/mol. The van der Waals surface area contributed by atoms with Gasteiger partial charge in [-0.3, -0.25) is 14.7 Å². The first-order valence-corrected chi connectivity index (χ1v) is 5.11. The number of aliphatic carboxylic acids is 1. The van der Waals surface area contributed by atoms with Crippen molar-refractivity contribution in [3.63, 3.8) is 0 Å². The quantitative estimate of drug-likeness (QED) is 0.801. The summed E-state index contributed by atoms with van der Waals surface area (Å²) in [6.45, 7) is 2.25. The van der Waals surface area contributed by atoms with Crippen molar-refractivity contribution >= 4 is 5.97 Å². The second-order valence-electron chi connectivity index (χ2n) is 3.88. The highest BCUT2D eigenvalue weighted by atomic mass is 16.4. The van der Waals surface area contributed by atoms with E-state index in [9.17, 15) is 4.79 Å². The molecule has 0 bridgehead atoms. The minimum atomic E-state index is -0.682. The first-order valence-electron chi connectivity index (χ1n) is 5.11. The lowest BCUT2D eigenvalue weighted by molar-refractivity contribution is -0.141. The lowest BCUT2D eigenvalue weighted by Gasteiger charge is -2.13. The summed E-state index contributed by atoms with van der Waals surface area (Å²) in [5, 5.41) is 8.85.